The van der Waals surface area contributed by atoms with Gasteiger partial charge in [0.05, 0.1) is 12.1 Å². The first kappa shape index (κ1) is 17.7. The van der Waals surface area contributed by atoms with Crippen LogP contribution in [0.2, 0.25) is 0 Å². The van der Waals surface area contributed by atoms with E-state index in [1.165, 1.54) is 6.07 Å². The Morgan fingerprint density at radius 3 is 2.46 bits per heavy atom. The van der Waals surface area contributed by atoms with Gasteiger partial charge in [0.1, 0.15) is 17.9 Å². The summed E-state index contributed by atoms with van der Waals surface area (Å²) in [6.07, 6.45) is 0. The Morgan fingerprint density at radius 1 is 1.15 bits per heavy atom. The van der Waals surface area contributed by atoms with Crippen molar-refractivity contribution in [3.05, 3.63) is 47.7 Å². The zero-order valence-electron chi connectivity index (χ0n) is 14.9. The Balaban J connectivity index is 1.85. The van der Waals surface area contributed by atoms with Crippen LogP contribution >= 0.6 is 0 Å². The van der Waals surface area contributed by atoms with Crippen LogP contribution in [0.4, 0.5) is 11.4 Å². The molecule has 0 bridgehead atoms. The van der Waals surface area contributed by atoms with Crippen molar-refractivity contribution in [1.29, 1.82) is 0 Å². The van der Waals surface area contributed by atoms with Crippen LogP contribution in [0.3, 0.4) is 0 Å². The lowest BCUT2D eigenvalue weighted by atomic mass is 10.1. The number of nitrogens with zero attached hydrogens (tertiary/aromatic N) is 2. The number of hydrogen-bond acceptors (Lipinski definition) is 6. The maximum Gasteiger partial charge on any atom is 0.354 e. The Bertz CT molecular complexity index is 840. The number of hydrogen-bond donors (Lipinski definition) is 1. The van der Waals surface area contributed by atoms with Crippen LogP contribution in [0, 0.1) is 0 Å². The number of carbonyl (C=O) groups is 2. The predicted octanol–water partition coefficient (Wildman–Crippen LogP) is 3.27. The molecule has 0 spiro atoms. The molecule has 1 aliphatic rings. The normalized spacial score (nSPS) is 13.6. The molecule has 2 heterocycles. The van der Waals surface area contributed by atoms with Gasteiger partial charge >= 0.3 is 11.9 Å². The summed E-state index contributed by atoms with van der Waals surface area (Å²) in [5.74, 6) is -1.19. The lowest BCUT2D eigenvalue weighted by Crippen LogP contribution is -2.29. The van der Waals surface area contributed by atoms with Crippen molar-refractivity contribution in [2.24, 2.45) is 0 Å². The molecular weight excluding hydrogens is 336 g/mol. The lowest BCUT2D eigenvalue weighted by Gasteiger charge is -2.30. The number of ether oxygens (including phenoxy) is 2. The second kappa shape index (κ2) is 6.67. The van der Waals surface area contributed by atoms with Crippen molar-refractivity contribution >= 4 is 23.3 Å². The van der Waals surface area contributed by atoms with Crippen molar-refractivity contribution in [2.45, 2.75) is 26.4 Å². The van der Waals surface area contributed by atoms with Gasteiger partial charge < -0.3 is 19.5 Å². The highest BCUT2D eigenvalue weighted by molar-refractivity contribution is 5.90. The fourth-order valence-corrected chi connectivity index (χ4v) is 2.60. The topological polar surface area (TPSA) is 89.0 Å². The van der Waals surface area contributed by atoms with E-state index in [4.69, 9.17) is 14.6 Å². The van der Waals surface area contributed by atoms with Crippen LogP contribution in [0.5, 0.6) is 5.88 Å². The molecule has 26 heavy (non-hydrogen) atoms. The molecule has 0 fully saturated rings. The number of pyridine rings is 1. The molecule has 1 N–H and O–H groups in total. The van der Waals surface area contributed by atoms with Crippen molar-refractivity contribution < 1.29 is 24.2 Å². The molecule has 0 amide bonds. The second-order valence-corrected chi connectivity index (χ2v) is 6.87. The largest absolute Gasteiger partial charge is 0.477 e. The first-order valence-corrected chi connectivity index (χ1v) is 8.23. The summed E-state index contributed by atoms with van der Waals surface area (Å²) in [5.41, 5.74) is 1.40. The third-order valence-corrected chi connectivity index (χ3v) is 3.72. The quantitative estimate of drug-likeness (QED) is 0.844. The van der Waals surface area contributed by atoms with Gasteiger partial charge in [-0.25, -0.2) is 14.6 Å². The van der Waals surface area contributed by atoms with Gasteiger partial charge in [0.2, 0.25) is 5.88 Å². The Kier molecular flexibility index (Phi) is 4.54. The van der Waals surface area contributed by atoms with E-state index in [0.29, 0.717) is 24.4 Å². The average molecular weight is 356 g/mol. The molecule has 7 nitrogen and oxygen atoms in total. The first-order chi connectivity index (χ1) is 12.2. The van der Waals surface area contributed by atoms with Crippen molar-refractivity contribution in [2.75, 3.05) is 18.1 Å². The van der Waals surface area contributed by atoms with E-state index in [2.05, 4.69) is 4.98 Å². The molecule has 3 rings (SSSR count). The molecule has 0 saturated heterocycles. The third-order valence-electron chi connectivity index (χ3n) is 3.72. The number of anilines is 2. The highest BCUT2D eigenvalue weighted by Crippen LogP contribution is 2.35. The van der Waals surface area contributed by atoms with Crippen LogP contribution in [0.15, 0.2) is 36.4 Å². The van der Waals surface area contributed by atoms with Crippen LogP contribution in [-0.2, 0) is 4.74 Å². The highest BCUT2D eigenvalue weighted by Gasteiger charge is 2.23. The molecule has 1 aromatic carbocycles. The average Bonchev–Trinajstić information content (AvgIpc) is 2.59. The number of carboxylic acid groups (broad SMARTS) is 1. The first-order valence-electron chi connectivity index (χ1n) is 8.23. The number of aromatic carboxylic acids is 1. The van der Waals surface area contributed by atoms with Crippen molar-refractivity contribution in [1.82, 2.24) is 4.98 Å². The summed E-state index contributed by atoms with van der Waals surface area (Å²) in [6, 6.07) is 10.2. The van der Waals surface area contributed by atoms with E-state index >= 15 is 0 Å². The monoisotopic (exact) mass is 356 g/mol. The molecule has 136 valence electrons. The Labute approximate surface area is 151 Å². The van der Waals surface area contributed by atoms with E-state index in [0.717, 1.165) is 5.69 Å². The molecule has 2 aromatic rings. The summed E-state index contributed by atoms with van der Waals surface area (Å²) >= 11 is 0. The van der Waals surface area contributed by atoms with Crippen LogP contribution in [0.1, 0.15) is 41.6 Å². The van der Waals surface area contributed by atoms with Gasteiger partial charge in [-0.3, -0.25) is 0 Å². The SMILES string of the molecule is CC(C)(C)OC(=O)c1ccc(N2CCOc3nc(C(=O)O)ccc32)cc1. The summed E-state index contributed by atoms with van der Waals surface area (Å²) in [7, 11) is 0. The van der Waals surface area contributed by atoms with Gasteiger partial charge in [-0.15, -0.1) is 0 Å². The molecule has 0 aliphatic carbocycles. The Morgan fingerprint density at radius 2 is 1.85 bits per heavy atom. The minimum absolute atomic E-state index is 0.0640. The number of benzene rings is 1. The lowest BCUT2D eigenvalue weighted by molar-refractivity contribution is 0.00693. The molecule has 7 heteroatoms. The minimum atomic E-state index is -1.10. The standard InChI is InChI=1S/C19H20N2O5/c1-19(2,3)26-18(24)12-4-6-13(7-5-12)21-10-11-25-16-15(21)9-8-14(20-16)17(22)23/h4-9H,10-11H2,1-3H3,(H,22,23). The smallest absolute Gasteiger partial charge is 0.354 e. The maximum absolute atomic E-state index is 12.1. The van der Waals surface area contributed by atoms with E-state index in [9.17, 15) is 9.59 Å². The van der Waals surface area contributed by atoms with Crippen LogP contribution in [0.25, 0.3) is 0 Å². The number of rotatable bonds is 3. The molecule has 0 saturated carbocycles. The van der Waals surface area contributed by atoms with E-state index in [1.807, 2.05) is 37.8 Å². The zero-order valence-corrected chi connectivity index (χ0v) is 14.9. The van der Waals surface area contributed by atoms with Gasteiger partial charge in [0.25, 0.3) is 0 Å². The number of aromatic nitrogens is 1. The van der Waals surface area contributed by atoms with Crippen molar-refractivity contribution in [3.63, 3.8) is 0 Å². The minimum Gasteiger partial charge on any atom is -0.477 e. The van der Waals surface area contributed by atoms with E-state index in [-0.39, 0.29) is 17.5 Å². The van der Waals surface area contributed by atoms with Gasteiger partial charge in [-0.2, -0.15) is 0 Å². The zero-order chi connectivity index (χ0) is 18.9. The van der Waals surface area contributed by atoms with Crippen molar-refractivity contribution in [3.8, 4) is 5.88 Å². The summed E-state index contributed by atoms with van der Waals surface area (Å²) in [6.45, 7) is 6.44. The number of esters is 1. The van der Waals surface area contributed by atoms with Gasteiger partial charge in [0.15, 0.2) is 5.69 Å². The fraction of sp³-hybridized carbons (Fsp3) is 0.316. The van der Waals surface area contributed by atoms with E-state index in [1.54, 1.807) is 18.2 Å². The molecule has 0 unspecified atom stereocenters. The predicted molar refractivity (Wildman–Crippen MR) is 95.3 cm³/mol. The molecule has 0 atom stereocenters. The number of carbonyl (C=O) groups excluding carboxylic acids is 1. The molecule has 0 radical (unpaired) electrons. The number of carboxylic acids is 1. The summed E-state index contributed by atoms with van der Waals surface area (Å²) in [4.78, 5) is 29.2. The maximum atomic E-state index is 12.1. The highest BCUT2D eigenvalue weighted by atomic mass is 16.6. The fourth-order valence-electron chi connectivity index (χ4n) is 2.60. The van der Waals surface area contributed by atoms with Gasteiger partial charge in [-0.05, 0) is 57.2 Å². The van der Waals surface area contributed by atoms with E-state index < -0.39 is 11.6 Å². The third kappa shape index (κ3) is 3.77. The van der Waals surface area contributed by atoms with Gasteiger partial charge in [-0.1, -0.05) is 0 Å². The van der Waals surface area contributed by atoms with Gasteiger partial charge in [0, 0.05) is 5.69 Å². The number of fused-ring (bicyclic) bond motifs is 1. The van der Waals surface area contributed by atoms with Crippen LogP contribution < -0.4 is 9.64 Å². The summed E-state index contributed by atoms with van der Waals surface area (Å²) < 4.78 is 10.9. The summed E-state index contributed by atoms with van der Waals surface area (Å²) in [5, 5.41) is 9.06. The molecule has 1 aliphatic heterocycles. The molecular formula is C19H20N2O5. The Hall–Kier alpha value is -3.09. The molecule has 1 aromatic heterocycles. The van der Waals surface area contributed by atoms with Crippen LogP contribution in [-0.4, -0.2) is 40.8 Å². The second-order valence-electron chi connectivity index (χ2n) is 6.87.